The van der Waals surface area contributed by atoms with Crippen LogP contribution in [0.2, 0.25) is 4.34 Å². The highest BCUT2D eigenvalue weighted by atomic mass is 79.9. The lowest BCUT2D eigenvalue weighted by molar-refractivity contribution is 1.01. The van der Waals surface area contributed by atoms with E-state index >= 15 is 0 Å². The second kappa shape index (κ2) is 6.99. The van der Waals surface area contributed by atoms with Crippen LogP contribution in [0.5, 0.6) is 0 Å². The molecule has 3 rings (SSSR count). The number of halogens is 2. The van der Waals surface area contributed by atoms with Crippen LogP contribution in [0.15, 0.2) is 40.9 Å². The summed E-state index contributed by atoms with van der Waals surface area (Å²) in [5.74, 6) is 1.55. The maximum Gasteiger partial charge on any atom is 0.171 e. The molecule has 0 aliphatic carbocycles. The number of nitrogens with zero attached hydrogens (tertiary/aromatic N) is 2. The van der Waals surface area contributed by atoms with Gasteiger partial charge in [-0.05, 0) is 49.7 Å². The van der Waals surface area contributed by atoms with E-state index in [2.05, 4.69) is 33.2 Å². The van der Waals surface area contributed by atoms with Crippen LogP contribution >= 0.6 is 38.9 Å². The van der Waals surface area contributed by atoms with E-state index in [4.69, 9.17) is 16.6 Å². The number of rotatable bonds is 4. The van der Waals surface area contributed by atoms with E-state index in [0.717, 1.165) is 42.9 Å². The third kappa shape index (κ3) is 3.74. The Hall–Kier alpha value is -1.43. The van der Waals surface area contributed by atoms with Crippen molar-refractivity contribution < 1.29 is 0 Å². The highest BCUT2D eigenvalue weighted by Gasteiger charge is 2.13. The van der Waals surface area contributed by atoms with E-state index in [1.165, 1.54) is 11.3 Å². The average Bonchev–Trinajstić information content (AvgIpc) is 2.96. The number of benzene rings is 1. The normalized spacial score (nSPS) is 10.8. The van der Waals surface area contributed by atoms with Crippen LogP contribution in [0.1, 0.15) is 18.2 Å². The quantitative estimate of drug-likeness (QED) is 0.555. The SMILES string of the molecule is CCc1c(C)nc(-c2ccc(Cl)s2)nc1Nc1ccc(Br)cc1. The van der Waals surface area contributed by atoms with Gasteiger partial charge in [0.05, 0.1) is 9.21 Å². The fourth-order valence-corrected chi connectivity index (χ4v) is 3.58. The molecule has 6 heteroatoms. The zero-order chi connectivity index (χ0) is 16.4. The Morgan fingerprint density at radius 1 is 1.13 bits per heavy atom. The summed E-state index contributed by atoms with van der Waals surface area (Å²) in [4.78, 5) is 10.3. The lowest BCUT2D eigenvalue weighted by atomic mass is 10.1. The minimum Gasteiger partial charge on any atom is -0.340 e. The largest absolute Gasteiger partial charge is 0.340 e. The van der Waals surface area contributed by atoms with Gasteiger partial charge in [0.25, 0.3) is 0 Å². The third-order valence-corrected chi connectivity index (χ3v) is 5.22. The molecule has 0 spiro atoms. The molecule has 0 unspecified atom stereocenters. The number of aryl methyl sites for hydroxylation is 1. The first-order valence-corrected chi connectivity index (χ1v) is 9.21. The molecule has 0 radical (unpaired) electrons. The highest BCUT2D eigenvalue weighted by molar-refractivity contribution is 9.10. The Labute approximate surface area is 152 Å². The summed E-state index contributed by atoms with van der Waals surface area (Å²) in [6.45, 7) is 4.13. The molecule has 23 heavy (non-hydrogen) atoms. The first kappa shape index (κ1) is 16.4. The van der Waals surface area contributed by atoms with E-state index in [-0.39, 0.29) is 0 Å². The predicted molar refractivity (Wildman–Crippen MR) is 102 cm³/mol. The predicted octanol–water partition coefficient (Wildman–Crippen LogP) is 6.24. The van der Waals surface area contributed by atoms with E-state index in [9.17, 15) is 0 Å². The van der Waals surface area contributed by atoms with Crippen LogP contribution in [-0.4, -0.2) is 9.97 Å². The molecule has 1 N–H and O–H groups in total. The Morgan fingerprint density at radius 3 is 2.48 bits per heavy atom. The van der Waals surface area contributed by atoms with E-state index in [1.807, 2.05) is 43.3 Å². The molecule has 3 nitrogen and oxygen atoms in total. The number of aromatic nitrogens is 2. The summed E-state index contributed by atoms with van der Waals surface area (Å²) in [7, 11) is 0. The van der Waals surface area contributed by atoms with Gasteiger partial charge in [-0.25, -0.2) is 9.97 Å². The van der Waals surface area contributed by atoms with E-state index < -0.39 is 0 Å². The smallest absolute Gasteiger partial charge is 0.171 e. The summed E-state index contributed by atoms with van der Waals surface area (Å²) < 4.78 is 1.79. The van der Waals surface area contributed by atoms with Gasteiger partial charge in [0.15, 0.2) is 5.82 Å². The monoisotopic (exact) mass is 407 g/mol. The molecule has 3 aromatic rings. The van der Waals surface area contributed by atoms with Crippen LogP contribution in [0.4, 0.5) is 11.5 Å². The summed E-state index contributed by atoms with van der Waals surface area (Å²) in [6.07, 6.45) is 0.871. The molecular weight excluding hydrogens is 394 g/mol. The molecule has 0 fully saturated rings. The standard InChI is InChI=1S/C17H15BrClN3S/c1-3-13-10(2)20-17(14-8-9-15(19)23-14)22-16(13)21-12-6-4-11(18)5-7-12/h4-9H,3H2,1-2H3,(H,20,21,22). The lowest BCUT2D eigenvalue weighted by Crippen LogP contribution is -2.04. The molecule has 0 amide bonds. The molecule has 0 saturated carbocycles. The van der Waals surface area contributed by atoms with Crippen molar-refractivity contribution in [1.82, 2.24) is 9.97 Å². The molecule has 2 heterocycles. The van der Waals surface area contributed by atoms with Crippen molar-refractivity contribution in [2.45, 2.75) is 20.3 Å². The van der Waals surface area contributed by atoms with E-state index in [1.54, 1.807) is 0 Å². The van der Waals surface area contributed by atoms with Gasteiger partial charge in [-0.3, -0.25) is 0 Å². The van der Waals surface area contributed by atoms with Gasteiger partial charge >= 0.3 is 0 Å². The van der Waals surface area contributed by atoms with Crippen molar-refractivity contribution in [1.29, 1.82) is 0 Å². The Morgan fingerprint density at radius 2 is 1.87 bits per heavy atom. The van der Waals surface area contributed by atoms with Crippen LogP contribution in [0.25, 0.3) is 10.7 Å². The Balaban J connectivity index is 2.03. The Kier molecular flexibility index (Phi) is 4.99. The summed E-state index contributed by atoms with van der Waals surface area (Å²) in [6, 6.07) is 11.9. The van der Waals surface area contributed by atoms with E-state index in [0.29, 0.717) is 5.82 Å². The molecule has 0 aliphatic rings. The first-order valence-electron chi connectivity index (χ1n) is 7.22. The summed E-state index contributed by atoms with van der Waals surface area (Å²) >= 11 is 11.0. The second-order valence-corrected chi connectivity index (χ2v) is 7.68. The zero-order valence-electron chi connectivity index (χ0n) is 12.7. The number of anilines is 2. The average molecular weight is 409 g/mol. The zero-order valence-corrected chi connectivity index (χ0v) is 15.9. The minimum absolute atomic E-state index is 0.705. The maximum absolute atomic E-state index is 6.04. The summed E-state index contributed by atoms with van der Waals surface area (Å²) in [5, 5.41) is 3.41. The van der Waals surface area contributed by atoms with Crippen LogP contribution in [0.3, 0.4) is 0 Å². The van der Waals surface area contributed by atoms with Gasteiger partial charge in [0, 0.05) is 21.4 Å². The molecule has 0 saturated heterocycles. The van der Waals surface area contributed by atoms with Crippen molar-refractivity contribution in [3.05, 3.63) is 56.5 Å². The number of hydrogen-bond donors (Lipinski definition) is 1. The number of nitrogens with one attached hydrogen (secondary N) is 1. The number of hydrogen-bond acceptors (Lipinski definition) is 4. The molecule has 0 aliphatic heterocycles. The van der Waals surface area contributed by atoms with Crippen molar-refractivity contribution >= 4 is 50.4 Å². The van der Waals surface area contributed by atoms with Crippen LogP contribution in [-0.2, 0) is 6.42 Å². The maximum atomic E-state index is 6.04. The van der Waals surface area contributed by atoms with Gasteiger partial charge < -0.3 is 5.32 Å². The first-order chi connectivity index (χ1) is 11.1. The van der Waals surface area contributed by atoms with Gasteiger partial charge in [0.2, 0.25) is 0 Å². The molecule has 0 bridgehead atoms. The third-order valence-electron chi connectivity index (χ3n) is 3.47. The second-order valence-electron chi connectivity index (χ2n) is 5.05. The fourth-order valence-electron chi connectivity index (χ4n) is 2.34. The number of thiophene rings is 1. The van der Waals surface area contributed by atoms with Crippen molar-refractivity contribution in [2.75, 3.05) is 5.32 Å². The fraction of sp³-hybridized carbons (Fsp3) is 0.176. The van der Waals surface area contributed by atoms with Crippen LogP contribution in [0, 0.1) is 6.92 Å². The topological polar surface area (TPSA) is 37.8 Å². The molecule has 2 aromatic heterocycles. The molecule has 0 atom stereocenters. The van der Waals surface area contributed by atoms with Crippen molar-refractivity contribution in [3.63, 3.8) is 0 Å². The van der Waals surface area contributed by atoms with Gasteiger partial charge in [-0.2, -0.15) is 0 Å². The minimum atomic E-state index is 0.705. The molecule has 118 valence electrons. The molecule has 1 aromatic carbocycles. The van der Waals surface area contributed by atoms with Crippen molar-refractivity contribution in [3.8, 4) is 10.7 Å². The van der Waals surface area contributed by atoms with Gasteiger partial charge in [-0.15, -0.1) is 11.3 Å². The van der Waals surface area contributed by atoms with Gasteiger partial charge in [-0.1, -0.05) is 34.5 Å². The van der Waals surface area contributed by atoms with Crippen molar-refractivity contribution in [2.24, 2.45) is 0 Å². The summed E-state index contributed by atoms with van der Waals surface area (Å²) in [5.41, 5.74) is 3.11. The molecular formula is C17H15BrClN3S. The van der Waals surface area contributed by atoms with Crippen LogP contribution < -0.4 is 5.32 Å². The Bertz CT molecular complexity index is 830. The van der Waals surface area contributed by atoms with Gasteiger partial charge in [0.1, 0.15) is 5.82 Å². The lowest BCUT2D eigenvalue weighted by Gasteiger charge is -2.13. The highest BCUT2D eigenvalue weighted by Crippen LogP contribution is 2.31.